The van der Waals surface area contributed by atoms with Crippen LogP contribution in [0.5, 0.6) is 5.75 Å². The fourth-order valence-corrected chi connectivity index (χ4v) is 2.58. The molecule has 0 aromatic heterocycles. The lowest BCUT2D eigenvalue weighted by atomic mass is 10.1. The minimum Gasteiger partial charge on any atom is -0.496 e. The molecule has 0 atom stereocenters. The van der Waals surface area contributed by atoms with E-state index in [9.17, 15) is 0 Å². The fourth-order valence-electron chi connectivity index (χ4n) is 1.82. The third kappa shape index (κ3) is 3.43. The van der Waals surface area contributed by atoms with Gasteiger partial charge in [-0.15, -0.1) is 0 Å². The van der Waals surface area contributed by atoms with E-state index in [1.807, 2.05) is 43.3 Å². The maximum absolute atomic E-state index is 6.10. The highest BCUT2D eigenvalue weighted by Gasteiger charge is 2.04. The van der Waals surface area contributed by atoms with Gasteiger partial charge in [-0.05, 0) is 58.2 Å². The first-order chi connectivity index (χ1) is 9.11. The Balaban J connectivity index is 2.10. The van der Waals surface area contributed by atoms with Crippen LogP contribution in [0, 0.1) is 6.92 Å². The summed E-state index contributed by atoms with van der Waals surface area (Å²) in [6, 6.07) is 11.9. The molecule has 19 heavy (non-hydrogen) atoms. The zero-order valence-corrected chi connectivity index (χ0v) is 13.2. The molecular formula is C15H15BrClNO. The summed E-state index contributed by atoms with van der Waals surface area (Å²) in [6.07, 6.45) is 0. The van der Waals surface area contributed by atoms with Crippen molar-refractivity contribution in [2.45, 2.75) is 13.5 Å². The van der Waals surface area contributed by atoms with Crippen molar-refractivity contribution in [1.29, 1.82) is 0 Å². The number of rotatable bonds is 4. The number of ether oxygens (including phenoxy) is 1. The quantitative estimate of drug-likeness (QED) is 0.842. The zero-order chi connectivity index (χ0) is 13.8. The summed E-state index contributed by atoms with van der Waals surface area (Å²) < 4.78 is 6.17. The van der Waals surface area contributed by atoms with Crippen molar-refractivity contribution in [3.8, 4) is 5.75 Å². The highest BCUT2D eigenvalue weighted by atomic mass is 79.9. The lowest BCUT2D eigenvalue weighted by Gasteiger charge is -2.11. The number of halogens is 2. The van der Waals surface area contributed by atoms with Gasteiger partial charge in [-0.1, -0.05) is 23.7 Å². The van der Waals surface area contributed by atoms with Crippen molar-refractivity contribution in [1.82, 2.24) is 0 Å². The molecule has 4 heteroatoms. The SMILES string of the molecule is COc1ccc(CNc2cccc(Cl)c2C)cc1Br. The van der Waals surface area contributed by atoms with Crippen LogP contribution in [0.1, 0.15) is 11.1 Å². The highest BCUT2D eigenvalue weighted by molar-refractivity contribution is 9.10. The molecule has 0 amide bonds. The normalized spacial score (nSPS) is 10.3. The second-order valence-electron chi connectivity index (χ2n) is 4.23. The predicted octanol–water partition coefficient (Wildman–Crippen LogP) is 5.03. The van der Waals surface area contributed by atoms with E-state index in [0.717, 1.165) is 33.0 Å². The average molecular weight is 341 g/mol. The van der Waals surface area contributed by atoms with Gasteiger partial charge >= 0.3 is 0 Å². The minimum atomic E-state index is 0.740. The molecule has 0 bridgehead atoms. The number of methoxy groups -OCH3 is 1. The topological polar surface area (TPSA) is 21.3 Å². The van der Waals surface area contributed by atoms with Crippen LogP contribution >= 0.6 is 27.5 Å². The molecule has 0 saturated heterocycles. The molecule has 0 unspecified atom stereocenters. The first-order valence-corrected chi connectivity index (χ1v) is 7.10. The van der Waals surface area contributed by atoms with E-state index < -0.39 is 0 Å². The third-order valence-corrected chi connectivity index (χ3v) is 4.00. The van der Waals surface area contributed by atoms with E-state index in [-0.39, 0.29) is 0 Å². The van der Waals surface area contributed by atoms with E-state index >= 15 is 0 Å². The Kier molecular flexibility index (Phi) is 4.72. The molecular weight excluding hydrogens is 326 g/mol. The van der Waals surface area contributed by atoms with Crippen molar-refractivity contribution < 1.29 is 4.74 Å². The molecule has 100 valence electrons. The summed E-state index contributed by atoms with van der Waals surface area (Å²) >= 11 is 9.58. The van der Waals surface area contributed by atoms with Crippen LogP contribution < -0.4 is 10.1 Å². The van der Waals surface area contributed by atoms with Gasteiger partial charge < -0.3 is 10.1 Å². The second-order valence-corrected chi connectivity index (χ2v) is 5.50. The molecule has 0 aliphatic carbocycles. The van der Waals surface area contributed by atoms with Crippen molar-refractivity contribution in [2.24, 2.45) is 0 Å². The van der Waals surface area contributed by atoms with Gasteiger partial charge in [0.25, 0.3) is 0 Å². The van der Waals surface area contributed by atoms with Gasteiger partial charge in [-0.3, -0.25) is 0 Å². The molecule has 0 aliphatic heterocycles. The second kappa shape index (κ2) is 6.31. The standard InChI is InChI=1S/C15H15BrClNO/c1-10-13(17)4-3-5-14(10)18-9-11-6-7-15(19-2)12(16)8-11/h3-8,18H,9H2,1-2H3. The van der Waals surface area contributed by atoms with Crippen molar-refractivity contribution in [3.63, 3.8) is 0 Å². The average Bonchev–Trinajstić information content (AvgIpc) is 2.40. The van der Waals surface area contributed by atoms with E-state index in [1.54, 1.807) is 7.11 Å². The van der Waals surface area contributed by atoms with Gasteiger partial charge in [0.1, 0.15) is 5.75 Å². The summed E-state index contributed by atoms with van der Waals surface area (Å²) in [5.41, 5.74) is 3.29. The Hall–Kier alpha value is -1.19. The van der Waals surface area contributed by atoms with E-state index in [1.165, 1.54) is 5.56 Å². The molecule has 0 spiro atoms. The Bertz CT molecular complexity index is 586. The van der Waals surface area contributed by atoms with Crippen LogP contribution in [-0.2, 0) is 6.54 Å². The number of benzene rings is 2. The third-order valence-electron chi connectivity index (χ3n) is 2.97. The molecule has 0 radical (unpaired) electrons. The van der Waals surface area contributed by atoms with Gasteiger partial charge in [-0.25, -0.2) is 0 Å². The molecule has 2 rings (SSSR count). The maximum Gasteiger partial charge on any atom is 0.133 e. The molecule has 0 saturated carbocycles. The highest BCUT2D eigenvalue weighted by Crippen LogP contribution is 2.27. The Morgan fingerprint density at radius 3 is 2.74 bits per heavy atom. The van der Waals surface area contributed by atoms with Crippen LogP contribution in [0.25, 0.3) is 0 Å². The van der Waals surface area contributed by atoms with Crippen LogP contribution in [-0.4, -0.2) is 7.11 Å². The van der Waals surface area contributed by atoms with Gasteiger partial charge in [0.05, 0.1) is 11.6 Å². The predicted molar refractivity (Wildman–Crippen MR) is 84.2 cm³/mol. The largest absolute Gasteiger partial charge is 0.496 e. The molecule has 2 aromatic carbocycles. The van der Waals surface area contributed by atoms with E-state index in [2.05, 4.69) is 21.2 Å². The summed E-state index contributed by atoms with van der Waals surface area (Å²) in [6.45, 7) is 2.75. The van der Waals surface area contributed by atoms with Crippen LogP contribution in [0.15, 0.2) is 40.9 Å². The smallest absolute Gasteiger partial charge is 0.133 e. The van der Waals surface area contributed by atoms with Crippen molar-refractivity contribution in [2.75, 3.05) is 12.4 Å². The summed E-state index contributed by atoms with van der Waals surface area (Å²) in [4.78, 5) is 0. The summed E-state index contributed by atoms with van der Waals surface area (Å²) in [5, 5.41) is 4.17. The monoisotopic (exact) mass is 339 g/mol. The molecule has 1 N–H and O–H groups in total. The van der Waals surface area contributed by atoms with Crippen LogP contribution in [0.4, 0.5) is 5.69 Å². The van der Waals surface area contributed by atoms with Crippen molar-refractivity contribution in [3.05, 3.63) is 57.0 Å². The molecule has 2 nitrogen and oxygen atoms in total. The zero-order valence-electron chi connectivity index (χ0n) is 10.8. The Morgan fingerprint density at radius 1 is 1.26 bits per heavy atom. The lowest BCUT2D eigenvalue weighted by Crippen LogP contribution is -2.01. The number of anilines is 1. The Labute approximate surface area is 126 Å². The van der Waals surface area contributed by atoms with Crippen molar-refractivity contribution >= 4 is 33.2 Å². The first kappa shape index (κ1) is 14.2. The summed E-state index contributed by atoms with van der Waals surface area (Å²) in [7, 11) is 1.66. The van der Waals surface area contributed by atoms with Crippen LogP contribution in [0.3, 0.4) is 0 Å². The Morgan fingerprint density at radius 2 is 2.05 bits per heavy atom. The van der Waals surface area contributed by atoms with E-state index in [0.29, 0.717) is 0 Å². The number of hydrogen-bond acceptors (Lipinski definition) is 2. The molecule has 0 fully saturated rings. The van der Waals surface area contributed by atoms with Gasteiger partial charge in [0.2, 0.25) is 0 Å². The van der Waals surface area contributed by atoms with Crippen LogP contribution in [0.2, 0.25) is 5.02 Å². The molecule has 2 aromatic rings. The fraction of sp³-hybridized carbons (Fsp3) is 0.200. The van der Waals surface area contributed by atoms with Gasteiger partial charge in [0.15, 0.2) is 0 Å². The maximum atomic E-state index is 6.10. The number of nitrogens with one attached hydrogen (secondary N) is 1. The first-order valence-electron chi connectivity index (χ1n) is 5.93. The molecule has 0 aliphatic rings. The lowest BCUT2D eigenvalue weighted by molar-refractivity contribution is 0.412. The minimum absolute atomic E-state index is 0.740. The number of hydrogen-bond donors (Lipinski definition) is 1. The van der Waals surface area contributed by atoms with E-state index in [4.69, 9.17) is 16.3 Å². The van der Waals surface area contributed by atoms with Gasteiger partial charge in [0, 0.05) is 17.3 Å². The van der Waals surface area contributed by atoms with Gasteiger partial charge in [-0.2, -0.15) is 0 Å². The molecule has 0 heterocycles. The summed E-state index contributed by atoms with van der Waals surface area (Å²) in [5.74, 6) is 0.836.